The minimum absolute atomic E-state index is 0.113. The first-order valence-electron chi connectivity index (χ1n) is 6.11. The summed E-state index contributed by atoms with van der Waals surface area (Å²) in [4.78, 5) is 0. The summed E-state index contributed by atoms with van der Waals surface area (Å²) < 4.78 is 5.17. The minimum Gasteiger partial charge on any atom is -0.390 e. The summed E-state index contributed by atoms with van der Waals surface area (Å²) in [7, 11) is 0. The zero-order valence-electron chi connectivity index (χ0n) is 11.1. The maximum absolute atomic E-state index is 5.41. The molecule has 0 aromatic carbocycles. The molecular formula is C12H22N4O. The minimum atomic E-state index is 0.113. The van der Waals surface area contributed by atoms with Crippen LogP contribution in [0.2, 0.25) is 0 Å². The Labute approximate surface area is 102 Å². The van der Waals surface area contributed by atoms with E-state index >= 15 is 0 Å². The van der Waals surface area contributed by atoms with Crippen LogP contribution in [0.25, 0.3) is 0 Å². The smallest absolute Gasteiger partial charge is 0.317 e. The summed E-state index contributed by atoms with van der Waals surface area (Å²) in [5, 5.41) is 10.8. The number of nitrogens with one attached hydrogen (secondary N) is 1. The molecule has 5 heteroatoms. The molecule has 1 saturated carbocycles. The third-order valence-electron chi connectivity index (χ3n) is 3.32. The van der Waals surface area contributed by atoms with E-state index in [-0.39, 0.29) is 6.01 Å². The molecule has 1 fully saturated rings. The van der Waals surface area contributed by atoms with Gasteiger partial charge in [0, 0.05) is 6.04 Å². The molecule has 0 spiro atoms. The van der Waals surface area contributed by atoms with Gasteiger partial charge in [-0.25, -0.2) is 0 Å². The Morgan fingerprint density at radius 2 is 1.76 bits per heavy atom. The van der Waals surface area contributed by atoms with Crippen LogP contribution in [-0.4, -0.2) is 16.2 Å². The van der Waals surface area contributed by atoms with Gasteiger partial charge in [0.05, 0.1) is 0 Å². The van der Waals surface area contributed by atoms with Crippen LogP contribution in [0.1, 0.15) is 47.0 Å². The molecule has 0 aliphatic heterocycles. The van der Waals surface area contributed by atoms with Crippen molar-refractivity contribution in [2.24, 2.45) is 10.8 Å². The van der Waals surface area contributed by atoms with E-state index in [1.807, 2.05) is 0 Å². The van der Waals surface area contributed by atoms with Gasteiger partial charge in [0.15, 0.2) is 0 Å². The summed E-state index contributed by atoms with van der Waals surface area (Å²) in [6, 6.07) is 0.913. The highest BCUT2D eigenvalue weighted by atomic mass is 16.4. The normalized spacial score (nSPS) is 23.5. The van der Waals surface area contributed by atoms with Gasteiger partial charge in [-0.15, -0.1) is 0 Å². The van der Waals surface area contributed by atoms with Crippen LogP contribution < -0.4 is 11.1 Å². The molecule has 17 heavy (non-hydrogen) atoms. The van der Waals surface area contributed by atoms with Gasteiger partial charge in [-0.05, 0) is 30.1 Å². The maximum Gasteiger partial charge on any atom is 0.317 e. The van der Waals surface area contributed by atoms with E-state index < -0.39 is 0 Å². The first-order valence-corrected chi connectivity index (χ1v) is 6.11. The van der Waals surface area contributed by atoms with E-state index in [4.69, 9.17) is 10.2 Å². The number of nitrogen functional groups attached to an aromatic ring is 1. The highest BCUT2D eigenvalue weighted by Crippen LogP contribution is 2.46. The third kappa shape index (κ3) is 3.11. The van der Waals surface area contributed by atoms with Crippen molar-refractivity contribution in [3.05, 3.63) is 0 Å². The number of rotatable bonds is 2. The number of nitrogens with zero attached hydrogens (tertiary/aromatic N) is 2. The zero-order chi connectivity index (χ0) is 12.7. The second-order valence-corrected chi connectivity index (χ2v) is 6.70. The largest absolute Gasteiger partial charge is 0.390 e. The molecule has 0 radical (unpaired) electrons. The summed E-state index contributed by atoms with van der Waals surface area (Å²) in [6.07, 6.45) is 3.46. The van der Waals surface area contributed by atoms with Gasteiger partial charge in [-0.2, -0.15) is 0 Å². The second kappa shape index (κ2) is 3.89. The zero-order valence-corrected chi connectivity index (χ0v) is 11.1. The maximum atomic E-state index is 5.41. The topological polar surface area (TPSA) is 77.0 Å². The van der Waals surface area contributed by atoms with E-state index in [0.29, 0.717) is 22.9 Å². The third-order valence-corrected chi connectivity index (χ3v) is 3.32. The molecule has 96 valence electrons. The molecular weight excluding hydrogens is 216 g/mol. The Kier molecular flexibility index (Phi) is 2.79. The highest BCUT2D eigenvalue weighted by molar-refractivity contribution is 5.25. The van der Waals surface area contributed by atoms with E-state index in [2.05, 4.69) is 43.2 Å². The first-order chi connectivity index (χ1) is 7.76. The molecule has 0 bridgehead atoms. The molecule has 1 aromatic rings. The molecule has 1 aliphatic carbocycles. The lowest BCUT2D eigenvalue weighted by molar-refractivity contribution is 0.104. The van der Waals surface area contributed by atoms with Gasteiger partial charge in [-0.3, -0.25) is 0 Å². The number of nitrogens with two attached hydrogens (primary N) is 1. The average molecular weight is 238 g/mol. The molecule has 0 saturated heterocycles. The Hall–Kier alpha value is -1.26. The molecule has 0 amide bonds. The summed E-state index contributed by atoms with van der Waals surface area (Å²) in [5.41, 5.74) is 6.09. The monoisotopic (exact) mass is 238 g/mol. The number of hydrogen-bond donors (Lipinski definition) is 2. The van der Waals surface area contributed by atoms with Gasteiger partial charge in [0.25, 0.3) is 0 Å². The number of aromatic nitrogens is 2. The van der Waals surface area contributed by atoms with Gasteiger partial charge in [-0.1, -0.05) is 37.9 Å². The summed E-state index contributed by atoms with van der Waals surface area (Å²) >= 11 is 0. The first kappa shape index (κ1) is 12.2. The standard InChI is InChI=1S/C12H22N4O/c1-11(2)5-8(6-12(3,4)7-11)14-10-16-15-9(13)17-10/h8H,5-7H2,1-4H3,(H2,13,15)(H,14,16). The van der Waals surface area contributed by atoms with Crippen molar-refractivity contribution in [2.45, 2.75) is 53.0 Å². The van der Waals surface area contributed by atoms with E-state index in [1.165, 1.54) is 6.42 Å². The van der Waals surface area contributed by atoms with Gasteiger partial charge < -0.3 is 15.5 Å². The van der Waals surface area contributed by atoms with Crippen molar-refractivity contribution in [1.82, 2.24) is 10.2 Å². The van der Waals surface area contributed by atoms with Gasteiger partial charge in [0.1, 0.15) is 0 Å². The quantitative estimate of drug-likeness (QED) is 0.828. The SMILES string of the molecule is CC1(C)CC(Nc2nnc(N)o2)CC(C)(C)C1. The summed E-state index contributed by atoms with van der Waals surface area (Å²) in [6.45, 7) is 9.24. The van der Waals surface area contributed by atoms with E-state index in [0.717, 1.165) is 12.8 Å². The Bertz CT molecular complexity index is 381. The van der Waals surface area contributed by atoms with Crippen molar-refractivity contribution >= 4 is 12.0 Å². The molecule has 2 rings (SSSR count). The van der Waals surface area contributed by atoms with Crippen LogP contribution in [0.15, 0.2) is 4.42 Å². The number of anilines is 2. The predicted molar refractivity (Wildman–Crippen MR) is 67.5 cm³/mol. The molecule has 3 N–H and O–H groups in total. The van der Waals surface area contributed by atoms with Crippen LogP contribution in [0.3, 0.4) is 0 Å². The van der Waals surface area contributed by atoms with Gasteiger partial charge in [0.2, 0.25) is 0 Å². The molecule has 0 unspecified atom stereocenters. The highest BCUT2D eigenvalue weighted by Gasteiger charge is 2.38. The lowest BCUT2D eigenvalue weighted by atomic mass is 9.63. The van der Waals surface area contributed by atoms with Crippen molar-refractivity contribution in [3.63, 3.8) is 0 Å². The molecule has 5 nitrogen and oxygen atoms in total. The molecule has 1 heterocycles. The fourth-order valence-corrected chi connectivity index (χ4v) is 3.42. The molecule has 1 aliphatic rings. The van der Waals surface area contributed by atoms with Crippen LogP contribution in [0.4, 0.5) is 12.0 Å². The molecule has 0 atom stereocenters. The Balaban J connectivity index is 2.06. The van der Waals surface area contributed by atoms with Crippen LogP contribution in [0.5, 0.6) is 0 Å². The van der Waals surface area contributed by atoms with Crippen molar-refractivity contribution < 1.29 is 4.42 Å². The Morgan fingerprint density at radius 3 is 2.24 bits per heavy atom. The fraction of sp³-hybridized carbons (Fsp3) is 0.833. The van der Waals surface area contributed by atoms with Crippen molar-refractivity contribution in [3.8, 4) is 0 Å². The van der Waals surface area contributed by atoms with Crippen LogP contribution in [0, 0.1) is 10.8 Å². The van der Waals surface area contributed by atoms with Gasteiger partial charge >= 0.3 is 12.0 Å². The summed E-state index contributed by atoms with van der Waals surface area (Å²) in [5.74, 6) is 0. The fourth-order valence-electron chi connectivity index (χ4n) is 3.42. The average Bonchev–Trinajstić information content (AvgIpc) is 2.44. The molecule has 1 aromatic heterocycles. The van der Waals surface area contributed by atoms with Crippen molar-refractivity contribution in [1.29, 1.82) is 0 Å². The van der Waals surface area contributed by atoms with E-state index in [9.17, 15) is 0 Å². The van der Waals surface area contributed by atoms with E-state index in [1.54, 1.807) is 0 Å². The van der Waals surface area contributed by atoms with Crippen LogP contribution >= 0.6 is 0 Å². The number of hydrogen-bond acceptors (Lipinski definition) is 5. The van der Waals surface area contributed by atoms with Crippen LogP contribution in [-0.2, 0) is 0 Å². The lowest BCUT2D eigenvalue weighted by Gasteiger charge is -2.44. The Morgan fingerprint density at radius 1 is 1.18 bits per heavy atom. The lowest BCUT2D eigenvalue weighted by Crippen LogP contribution is -2.40. The predicted octanol–water partition coefficient (Wildman–Crippen LogP) is 2.67. The van der Waals surface area contributed by atoms with Crippen molar-refractivity contribution in [2.75, 3.05) is 11.1 Å². The second-order valence-electron chi connectivity index (χ2n) is 6.70.